The van der Waals surface area contributed by atoms with Gasteiger partial charge in [0.15, 0.2) is 0 Å². The fourth-order valence-corrected chi connectivity index (χ4v) is 3.11. The number of nitrogens with one attached hydrogen (secondary N) is 1. The maximum absolute atomic E-state index is 12.4. The van der Waals surface area contributed by atoms with E-state index in [0.29, 0.717) is 30.8 Å². The number of pyridine rings is 1. The number of aromatic nitrogens is 1. The van der Waals surface area contributed by atoms with E-state index in [1.165, 1.54) is 12.3 Å². The summed E-state index contributed by atoms with van der Waals surface area (Å²) in [7, 11) is 0. The topological polar surface area (TPSA) is 99.6 Å². The number of carboxylic acid groups (broad SMARTS) is 1. The van der Waals surface area contributed by atoms with E-state index in [1.54, 1.807) is 35.2 Å². The van der Waals surface area contributed by atoms with Gasteiger partial charge in [-0.15, -0.1) is 0 Å². The van der Waals surface area contributed by atoms with Crippen molar-refractivity contribution in [3.8, 4) is 11.3 Å². The summed E-state index contributed by atoms with van der Waals surface area (Å²) in [5.74, 6) is -1.16. The molecule has 2 heterocycles. The van der Waals surface area contributed by atoms with E-state index in [2.05, 4.69) is 10.3 Å². The molecule has 2 aromatic rings. The lowest BCUT2D eigenvalue weighted by molar-refractivity contribution is -0.127. The first-order chi connectivity index (χ1) is 13.0. The third-order valence-corrected chi connectivity index (χ3v) is 4.50. The van der Waals surface area contributed by atoms with E-state index in [1.807, 2.05) is 6.92 Å². The molecule has 1 aromatic carbocycles. The number of rotatable bonds is 6. The molecule has 1 aliphatic heterocycles. The maximum atomic E-state index is 12.4. The molecule has 7 nitrogen and oxygen atoms in total. The van der Waals surface area contributed by atoms with Crippen LogP contribution in [-0.2, 0) is 4.79 Å². The zero-order valence-corrected chi connectivity index (χ0v) is 15.0. The van der Waals surface area contributed by atoms with Crippen molar-refractivity contribution in [1.82, 2.24) is 15.2 Å². The number of carboxylic acids is 1. The number of carbonyl (C=O) groups excluding carboxylic acids is 2. The first-order valence-corrected chi connectivity index (χ1v) is 8.86. The average molecular weight is 367 g/mol. The van der Waals surface area contributed by atoms with Crippen molar-refractivity contribution >= 4 is 17.8 Å². The van der Waals surface area contributed by atoms with Crippen LogP contribution in [0.15, 0.2) is 42.6 Å². The van der Waals surface area contributed by atoms with Gasteiger partial charge in [-0.25, -0.2) is 4.79 Å². The zero-order valence-electron chi connectivity index (χ0n) is 15.0. The zero-order chi connectivity index (χ0) is 19.4. The molecular formula is C20H21N3O4. The van der Waals surface area contributed by atoms with E-state index >= 15 is 0 Å². The number of amides is 2. The Bertz CT molecular complexity index is 847. The predicted octanol–water partition coefficient (Wildman–Crippen LogP) is 2.19. The largest absolute Gasteiger partial charge is 0.478 e. The molecule has 0 spiro atoms. The Kier molecular flexibility index (Phi) is 5.49. The summed E-state index contributed by atoms with van der Waals surface area (Å²) in [6.45, 7) is 3.29. The maximum Gasteiger partial charge on any atom is 0.337 e. The summed E-state index contributed by atoms with van der Waals surface area (Å²) in [5.41, 5.74) is 2.04. The van der Waals surface area contributed by atoms with Gasteiger partial charge in [0.05, 0.1) is 17.3 Å². The van der Waals surface area contributed by atoms with Gasteiger partial charge in [-0.1, -0.05) is 19.1 Å². The lowest BCUT2D eigenvalue weighted by Crippen LogP contribution is -2.37. The van der Waals surface area contributed by atoms with E-state index in [0.717, 1.165) is 12.0 Å². The van der Waals surface area contributed by atoms with Crippen LogP contribution in [0.25, 0.3) is 11.3 Å². The molecule has 1 saturated heterocycles. The monoisotopic (exact) mass is 367 g/mol. The predicted molar refractivity (Wildman–Crippen MR) is 99.4 cm³/mol. The molecule has 7 heteroatoms. The van der Waals surface area contributed by atoms with Gasteiger partial charge in [-0.2, -0.15) is 0 Å². The average Bonchev–Trinajstić information content (AvgIpc) is 3.01. The Hall–Kier alpha value is -3.22. The van der Waals surface area contributed by atoms with Crippen LogP contribution in [0.2, 0.25) is 0 Å². The van der Waals surface area contributed by atoms with Gasteiger partial charge >= 0.3 is 5.97 Å². The first-order valence-electron chi connectivity index (χ1n) is 8.86. The minimum absolute atomic E-state index is 0.0772. The highest BCUT2D eigenvalue weighted by molar-refractivity contribution is 5.95. The number of benzene rings is 1. The summed E-state index contributed by atoms with van der Waals surface area (Å²) >= 11 is 0. The van der Waals surface area contributed by atoms with Crippen LogP contribution in [0, 0.1) is 0 Å². The smallest absolute Gasteiger partial charge is 0.337 e. The van der Waals surface area contributed by atoms with E-state index in [4.69, 9.17) is 5.11 Å². The van der Waals surface area contributed by atoms with Crippen LogP contribution in [0.1, 0.15) is 40.5 Å². The summed E-state index contributed by atoms with van der Waals surface area (Å²) in [6.07, 6.45) is 2.54. The minimum Gasteiger partial charge on any atom is -0.478 e. The van der Waals surface area contributed by atoms with Crippen molar-refractivity contribution in [3.05, 3.63) is 53.7 Å². The van der Waals surface area contributed by atoms with Gasteiger partial charge in [-0.3, -0.25) is 14.6 Å². The van der Waals surface area contributed by atoms with Gasteiger partial charge in [-0.05, 0) is 30.7 Å². The van der Waals surface area contributed by atoms with Crippen LogP contribution in [0.5, 0.6) is 0 Å². The number of aromatic carboxylic acids is 1. The van der Waals surface area contributed by atoms with E-state index in [9.17, 15) is 14.4 Å². The molecule has 0 unspecified atom stereocenters. The molecule has 0 radical (unpaired) electrons. The second kappa shape index (κ2) is 7.99. The highest BCUT2D eigenvalue weighted by Gasteiger charge is 2.30. The lowest BCUT2D eigenvalue weighted by Gasteiger charge is -2.16. The molecule has 1 aliphatic rings. The molecule has 1 atom stereocenters. The highest BCUT2D eigenvalue weighted by atomic mass is 16.4. The van der Waals surface area contributed by atoms with E-state index < -0.39 is 5.97 Å². The molecular weight excluding hydrogens is 346 g/mol. The van der Waals surface area contributed by atoms with Crippen molar-refractivity contribution in [3.63, 3.8) is 0 Å². The summed E-state index contributed by atoms with van der Waals surface area (Å²) in [6, 6.07) is 9.87. The number of hydrogen-bond acceptors (Lipinski definition) is 4. The van der Waals surface area contributed by atoms with Crippen molar-refractivity contribution in [1.29, 1.82) is 0 Å². The summed E-state index contributed by atoms with van der Waals surface area (Å²) in [5, 5.41) is 11.8. The first kappa shape index (κ1) is 18.6. The second-order valence-corrected chi connectivity index (χ2v) is 6.53. The number of nitrogens with zero attached hydrogens (tertiary/aromatic N) is 2. The van der Waals surface area contributed by atoms with Crippen molar-refractivity contribution in [2.45, 2.75) is 25.8 Å². The number of carbonyl (C=O) groups is 3. The van der Waals surface area contributed by atoms with Crippen LogP contribution < -0.4 is 5.32 Å². The second-order valence-electron chi connectivity index (χ2n) is 6.53. The van der Waals surface area contributed by atoms with Gasteiger partial charge in [0.2, 0.25) is 5.91 Å². The van der Waals surface area contributed by atoms with E-state index in [-0.39, 0.29) is 23.4 Å². The number of hydrogen-bond donors (Lipinski definition) is 2. The van der Waals surface area contributed by atoms with Crippen molar-refractivity contribution < 1.29 is 19.5 Å². The lowest BCUT2D eigenvalue weighted by atomic mass is 10.1. The molecule has 3 rings (SSSR count). The number of likely N-dealkylation sites (tertiary alicyclic amines) is 1. The third kappa shape index (κ3) is 4.31. The molecule has 0 aliphatic carbocycles. The Balaban J connectivity index is 1.64. The Labute approximate surface area is 157 Å². The fraction of sp³-hybridized carbons (Fsp3) is 0.300. The normalized spacial score (nSPS) is 16.4. The van der Waals surface area contributed by atoms with Gasteiger partial charge in [0.1, 0.15) is 0 Å². The highest BCUT2D eigenvalue weighted by Crippen LogP contribution is 2.18. The van der Waals surface area contributed by atoms with Crippen molar-refractivity contribution in [2.24, 2.45) is 0 Å². The molecule has 0 saturated carbocycles. The minimum atomic E-state index is -1.02. The molecule has 1 fully saturated rings. The van der Waals surface area contributed by atoms with Crippen LogP contribution in [0.3, 0.4) is 0 Å². The molecule has 27 heavy (non-hydrogen) atoms. The Morgan fingerprint density at radius 2 is 1.89 bits per heavy atom. The fourth-order valence-electron chi connectivity index (χ4n) is 3.11. The molecule has 1 aromatic heterocycles. The van der Waals surface area contributed by atoms with Crippen LogP contribution >= 0.6 is 0 Å². The Morgan fingerprint density at radius 3 is 2.48 bits per heavy atom. The van der Waals surface area contributed by atoms with Gasteiger partial charge in [0.25, 0.3) is 5.91 Å². The standard InChI is InChI=1S/C20H21N3O4/c1-2-9-23-12-16(10-18(23)24)22-19(25)14-5-3-13(4-6-14)17-8-7-15(11-21-17)20(26)27/h3-8,11,16H,2,9-10,12H2,1H3,(H,22,25)(H,26,27)/t16-/m0/s1. The Morgan fingerprint density at radius 1 is 1.19 bits per heavy atom. The molecule has 2 amide bonds. The quantitative estimate of drug-likeness (QED) is 0.815. The third-order valence-electron chi connectivity index (χ3n) is 4.50. The molecule has 140 valence electrons. The summed E-state index contributed by atoms with van der Waals surface area (Å²) in [4.78, 5) is 41.1. The van der Waals surface area contributed by atoms with Crippen LogP contribution in [-0.4, -0.2) is 51.9 Å². The van der Waals surface area contributed by atoms with Crippen LogP contribution in [0.4, 0.5) is 0 Å². The van der Waals surface area contributed by atoms with Gasteiger partial charge < -0.3 is 15.3 Å². The van der Waals surface area contributed by atoms with Gasteiger partial charge in [0, 0.05) is 36.8 Å². The molecule has 2 N–H and O–H groups in total. The van der Waals surface area contributed by atoms with Crippen molar-refractivity contribution in [2.75, 3.05) is 13.1 Å². The summed E-state index contributed by atoms with van der Waals surface area (Å²) < 4.78 is 0. The molecule has 0 bridgehead atoms. The SMILES string of the molecule is CCCN1C[C@@H](NC(=O)c2ccc(-c3ccc(C(=O)O)cn3)cc2)CC1=O.